The predicted octanol–water partition coefficient (Wildman–Crippen LogP) is 3.47. The number of benzene rings is 2. The maximum Gasteiger partial charge on any atom is 0.410 e. The zero-order valence-electron chi connectivity index (χ0n) is 15.3. The largest absolute Gasteiger partial charge is 0.448 e. The number of carbonyl (C=O) groups is 1. The van der Waals surface area contributed by atoms with Gasteiger partial charge in [0.2, 0.25) is 0 Å². The molecule has 5 rings (SSSR count). The molecule has 0 spiro atoms. The summed E-state index contributed by atoms with van der Waals surface area (Å²) in [5.41, 5.74) is 6.09. The van der Waals surface area contributed by atoms with Gasteiger partial charge in [0.25, 0.3) is 0 Å². The van der Waals surface area contributed by atoms with E-state index >= 15 is 0 Å². The smallest absolute Gasteiger partial charge is 0.410 e. The van der Waals surface area contributed by atoms with Crippen molar-refractivity contribution >= 4 is 6.09 Å². The van der Waals surface area contributed by atoms with Gasteiger partial charge < -0.3 is 19.3 Å². The van der Waals surface area contributed by atoms with Crippen LogP contribution in [0.1, 0.15) is 34.1 Å². The summed E-state index contributed by atoms with van der Waals surface area (Å²) in [5, 5.41) is 13.2. The summed E-state index contributed by atoms with van der Waals surface area (Å²) in [7, 11) is 0. The van der Waals surface area contributed by atoms with Crippen molar-refractivity contribution in [2.45, 2.75) is 25.5 Å². The van der Waals surface area contributed by atoms with Gasteiger partial charge in [-0.1, -0.05) is 53.7 Å². The predicted molar refractivity (Wildman–Crippen MR) is 102 cm³/mol. The molecule has 0 saturated carbocycles. The van der Waals surface area contributed by atoms with Crippen LogP contribution in [0.3, 0.4) is 0 Å². The van der Waals surface area contributed by atoms with E-state index in [0.717, 1.165) is 11.3 Å². The molecule has 1 aromatic heterocycles. The molecule has 1 aliphatic carbocycles. The van der Waals surface area contributed by atoms with Crippen LogP contribution in [0.25, 0.3) is 11.1 Å². The Morgan fingerprint density at radius 2 is 1.82 bits per heavy atom. The van der Waals surface area contributed by atoms with Crippen LogP contribution in [0.15, 0.2) is 53.1 Å². The highest BCUT2D eigenvalue weighted by Gasteiger charge is 2.31. The van der Waals surface area contributed by atoms with Gasteiger partial charge in [-0.2, -0.15) is 0 Å². The highest BCUT2D eigenvalue weighted by molar-refractivity contribution is 5.79. The van der Waals surface area contributed by atoms with Gasteiger partial charge in [0.1, 0.15) is 18.1 Å². The fraction of sp³-hybridized carbons (Fsp3) is 0.273. The van der Waals surface area contributed by atoms with Gasteiger partial charge >= 0.3 is 6.09 Å². The molecule has 0 bridgehead atoms. The SMILES string of the molecule is O=C(OCC1c2ccccc2-c2ccccc21)N1CCc2onc(CO)c2C1. The van der Waals surface area contributed by atoms with E-state index in [4.69, 9.17) is 9.26 Å². The quantitative estimate of drug-likeness (QED) is 0.757. The second-order valence-corrected chi connectivity index (χ2v) is 7.16. The minimum absolute atomic E-state index is 0.0419. The third kappa shape index (κ3) is 2.68. The zero-order valence-corrected chi connectivity index (χ0v) is 15.3. The zero-order chi connectivity index (χ0) is 19.1. The Labute approximate surface area is 162 Å². The fourth-order valence-corrected chi connectivity index (χ4v) is 4.23. The minimum Gasteiger partial charge on any atom is -0.448 e. The minimum atomic E-state index is -0.349. The topological polar surface area (TPSA) is 75.8 Å². The van der Waals surface area contributed by atoms with E-state index in [1.807, 2.05) is 24.3 Å². The van der Waals surface area contributed by atoms with Crippen LogP contribution in [-0.2, 0) is 24.3 Å². The summed E-state index contributed by atoms with van der Waals surface area (Å²) in [6.07, 6.45) is 0.226. The van der Waals surface area contributed by atoms with Crippen LogP contribution >= 0.6 is 0 Å². The third-order valence-corrected chi connectivity index (χ3v) is 5.65. The number of carbonyl (C=O) groups excluding carboxylic acids is 1. The Bertz CT molecular complexity index is 984. The molecule has 3 aromatic rings. The molecule has 6 heteroatoms. The second-order valence-electron chi connectivity index (χ2n) is 7.16. The van der Waals surface area contributed by atoms with E-state index in [2.05, 4.69) is 29.4 Å². The molecular weight excluding hydrogens is 356 g/mol. The molecule has 0 saturated heterocycles. The van der Waals surface area contributed by atoms with E-state index in [9.17, 15) is 9.90 Å². The molecule has 0 radical (unpaired) electrons. The first kappa shape index (κ1) is 17.0. The van der Waals surface area contributed by atoms with Gasteiger partial charge in [-0.3, -0.25) is 0 Å². The van der Waals surface area contributed by atoms with Crippen LogP contribution in [0.4, 0.5) is 4.79 Å². The number of fused-ring (bicyclic) bond motifs is 4. The molecule has 2 aromatic carbocycles. The first-order valence-electron chi connectivity index (χ1n) is 9.43. The molecule has 28 heavy (non-hydrogen) atoms. The lowest BCUT2D eigenvalue weighted by atomic mass is 9.98. The fourth-order valence-electron chi connectivity index (χ4n) is 4.23. The summed E-state index contributed by atoms with van der Waals surface area (Å²) in [6, 6.07) is 16.5. The van der Waals surface area contributed by atoms with Crippen LogP contribution in [-0.4, -0.2) is 34.4 Å². The Kier molecular flexibility index (Phi) is 4.13. The lowest BCUT2D eigenvalue weighted by Crippen LogP contribution is -2.36. The maximum absolute atomic E-state index is 12.7. The normalized spacial score (nSPS) is 15.1. The van der Waals surface area contributed by atoms with Crippen molar-refractivity contribution < 1.29 is 19.2 Å². The number of amides is 1. The number of ether oxygens (including phenoxy) is 1. The number of hydrogen-bond acceptors (Lipinski definition) is 5. The molecule has 1 aliphatic heterocycles. The van der Waals surface area contributed by atoms with E-state index in [-0.39, 0.29) is 18.6 Å². The average molecular weight is 376 g/mol. The third-order valence-electron chi connectivity index (χ3n) is 5.65. The Hall–Kier alpha value is -3.12. The number of nitrogens with zero attached hydrogens (tertiary/aromatic N) is 2. The number of rotatable bonds is 3. The van der Waals surface area contributed by atoms with Crippen molar-refractivity contribution in [1.29, 1.82) is 0 Å². The van der Waals surface area contributed by atoms with Crippen LogP contribution in [0.5, 0.6) is 0 Å². The van der Waals surface area contributed by atoms with Crippen molar-refractivity contribution in [3.63, 3.8) is 0 Å². The standard InChI is InChI=1S/C22H20N2O4/c25-12-20-18-11-24(10-9-21(18)28-23-20)22(26)27-13-19-16-7-3-1-5-14(16)15-6-2-4-8-17(15)19/h1-8,19,25H,9-13H2. The van der Waals surface area contributed by atoms with Gasteiger partial charge in [-0.15, -0.1) is 0 Å². The van der Waals surface area contributed by atoms with E-state index in [1.165, 1.54) is 22.3 Å². The van der Waals surface area contributed by atoms with Gasteiger partial charge in [0.15, 0.2) is 0 Å². The molecule has 0 atom stereocenters. The molecule has 1 N–H and O–H groups in total. The number of aliphatic hydroxyl groups is 1. The van der Waals surface area contributed by atoms with Crippen molar-refractivity contribution in [3.8, 4) is 11.1 Å². The summed E-state index contributed by atoms with van der Waals surface area (Å²) >= 11 is 0. The Morgan fingerprint density at radius 1 is 1.14 bits per heavy atom. The molecule has 1 amide bonds. The van der Waals surface area contributed by atoms with Crippen LogP contribution < -0.4 is 0 Å². The molecule has 142 valence electrons. The Balaban J connectivity index is 1.32. The van der Waals surface area contributed by atoms with Crippen LogP contribution in [0, 0.1) is 0 Å². The lowest BCUT2D eigenvalue weighted by Gasteiger charge is -2.26. The van der Waals surface area contributed by atoms with Gasteiger partial charge in [0.05, 0.1) is 13.2 Å². The highest BCUT2D eigenvalue weighted by atomic mass is 16.6. The number of hydrogen-bond donors (Lipinski definition) is 1. The number of aromatic nitrogens is 1. The molecule has 2 heterocycles. The molecule has 6 nitrogen and oxygen atoms in total. The summed E-state index contributed by atoms with van der Waals surface area (Å²) in [6.45, 7) is 0.971. The van der Waals surface area contributed by atoms with Crippen LogP contribution in [0.2, 0.25) is 0 Å². The first-order chi connectivity index (χ1) is 13.8. The van der Waals surface area contributed by atoms with Gasteiger partial charge in [-0.25, -0.2) is 4.79 Å². The number of aliphatic hydroxyl groups excluding tert-OH is 1. The average Bonchev–Trinajstić information content (AvgIpc) is 3.30. The lowest BCUT2D eigenvalue weighted by molar-refractivity contribution is 0.0938. The van der Waals surface area contributed by atoms with Crippen molar-refractivity contribution in [2.75, 3.05) is 13.2 Å². The molecule has 2 aliphatic rings. The van der Waals surface area contributed by atoms with Gasteiger partial charge in [-0.05, 0) is 22.3 Å². The first-order valence-corrected chi connectivity index (χ1v) is 9.43. The molecule has 0 fully saturated rings. The monoisotopic (exact) mass is 376 g/mol. The summed E-state index contributed by atoms with van der Waals surface area (Å²) in [5.74, 6) is 0.784. The van der Waals surface area contributed by atoms with E-state index in [1.54, 1.807) is 4.90 Å². The van der Waals surface area contributed by atoms with Gasteiger partial charge in [0, 0.05) is 24.4 Å². The van der Waals surface area contributed by atoms with Crippen molar-refractivity contribution in [2.24, 2.45) is 0 Å². The maximum atomic E-state index is 12.7. The van der Waals surface area contributed by atoms with Crippen molar-refractivity contribution in [1.82, 2.24) is 10.1 Å². The molecular formula is C22H20N2O4. The highest BCUT2D eigenvalue weighted by Crippen LogP contribution is 2.44. The second kappa shape index (κ2) is 6.80. The van der Waals surface area contributed by atoms with Crippen molar-refractivity contribution in [3.05, 3.63) is 76.7 Å². The van der Waals surface area contributed by atoms with E-state index < -0.39 is 0 Å². The Morgan fingerprint density at radius 3 is 2.50 bits per heavy atom. The molecule has 0 unspecified atom stereocenters. The summed E-state index contributed by atoms with van der Waals surface area (Å²) < 4.78 is 11.0. The van der Waals surface area contributed by atoms with E-state index in [0.29, 0.717) is 31.8 Å². The summed E-state index contributed by atoms with van der Waals surface area (Å²) in [4.78, 5) is 14.3.